The van der Waals surface area contributed by atoms with Crippen molar-refractivity contribution in [1.82, 2.24) is 14.8 Å². The van der Waals surface area contributed by atoms with Crippen LogP contribution in [0.15, 0.2) is 35.7 Å². The maximum absolute atomic E-state index is 12.9. The predicted molar refractivity (Wildman–Crippen MR) is 110 cm³/mol. The van der Waals surface area contributed by atoms with Crippen LogP contribution in [0.3, 0.4) is 0 Å². The molecule has 140 valence electrons. The highest BCUT2D eigenvalue weighted by molar-refractivity contribution is 7.14. The van der Waals surface area contributed by atoms with E-state index in [9.17, 15) is 4.79 Å². The Morgan fingerprint density at radius 2 is 2.04 bits per heavy atom. The molecule has 1 aliphatic carbocycles. The largest absolute Gasteiger partial charge is 0.296 e. The van der Waals surface area contributed by atoms with Crippen LogP contribution >= 0.6 is 22.9 Å². The molecule has 0 saturated heterocycles. The van der Waals surface area contributed by atoms with Gasteiger partial charge in [-0.2, -0.15) is 5.10 Å². The zero-order valence-corrected chi connectivity index (χ0v) is 17.1. The Labute approximate surface area is 167 Å². The van der Waals surface area contributed by atoms with Crippen molar-refractivity contribution < 1.29 is 4.79 Å². The smallest absolute Gasteiger partial charge is 0.275 e. The summed E-state index contributed by atoms with van der Waals surface area (Å²) in [7, 11) is 0. The number of aromatic nitrogens is 3. The van der Waals surface area contributed by atoms with Gasteiger partial charge in [-0.15, -0.1) is 11.3 Å². The van der Waals surface area contributed by atoms with E-state index in [4.69, 9.17) is 16.7 Å². The van der Waals surface area contributed by atoms with Crippen molar-refractivity contribution in [2.24, 2.45) is 0 Å². The van der Waals surface area contributed by atoms with Gasteiger partial charge in [0.1, 0.15) is 5.69 Å². The highest BCUT2D eigenvalue weighted by atomic mass is 35.5. The lowest BCUT2D eigenvalue weighted by Gasteiger charge is -2.21. The molecule has 1 fully saturated rings. The van der Waals surface area contributed by atoms with Gasteiger partial charge in [0, 0.05) is 21.9 Å². The van der Waals surface area contributed by atoms with Crippen molar-refractivity contribution in [3.8, 4) is 11.3 Å². The van der Waals surface area contributed by atoms with E-state index >= 15 is 0 Å². The number of amides is 1. The minimum Gasteiger partial charge on any atom is -0.296 e. The number of hydrogen-bond acceptors (Lipinski definition) is 4. The van der Waals surface area contributed by atoms with E-state index in [2.05, 4.69) is 10.3 Å². The SMILES string of the molecule is CC(C)(C)n1nc(C2CC2)cc1C(=O)Nc1nc(-c2ccccc2Cl)cs1. The van der Waals surface area contributed by atoms with Crippen LogP contribution in [-0.2, 0) is 5.54 Å². The Kier molecular flexibility index (Phi) is 4.56. The maximum atomic E-state index is 12.9. The number of benzene rings is 1. The van der Waals surface area contributed by atoms with E-state index in [1.54, 1.807) is 0 Å². The fourth-order valence-electron chi connectivity index (χ4n) is 2.94. The molecule has 0 unspecified atom stereocenters. The lowest BCUT2D eigenvalue weighted by atomic mass is 10.1. The minimum atomic E-state index is -0.272. The molecule has 2 aromatic heterocycles. The lowest BCUT2D eigenvalue weighted by molar-refractivity contribution is 0.100. The highest BCUT2D eigenvalue weighted by Gasteiger charge is 2.31. The Hall–Kier alpha value is -2.18. The van der Waals surface area contributed by atoms with Crippen LogP contribution in [0, 0.1) is 0 Å². The minimum absolute atomic E-state index is 0.190. The number of rotatable bonds is 4. The van der Waals surface area contributed by atoms with Gasteiger partial charge in [0.25, 0.3) is 5.91 Å². The first-order valence-corrected chi connectivity index (χ1v) is 10.2. The van der Waals surface area contributed by atoms with Gasteiger partial charge in [0.05, 0.1) is 16.9 Å². The zero-order valence-electron chi connectivity index (χ0n) is 15.5. The van der Waals surface area contributed by atoms with Gasteiger partial charge in [0.2, 0.25) is 0 Å². The molecule has 27 heavy (non-hydrogen) atoms. The summed E-state index contributed by atoms with van der Waals surface area (Å²) >= 11 is 7.63. The van der Waals surface area contributed by atoms with Gasteiger partial charge in [-0.25, -0.2) is 4.98 Å². The Bertz CT molecular complexity index is 998. The highest BCUT2D eigenvalue weighted by Crippen LogP contribution is 2.40. The summed E-state index contributed by atoms with van der Waals surface area (Å²) in [6, 6.07) is 9.46. The molecular formula is C20H21ClN4OS. The standard InChI is InChI=1S/C20H21ClN4OS/c1-20(2,3)25-17(10-15(24-25)12-8-9-12)18(26)23-19-22-16(11-27-19)13-6-4-5-7-14(13)21/h4-7,10-12H,8-9H2,1-3H3,(H,22,23,26). The summed E-state index contributed by atoms with van der Waals surface area (Å²) in [5.74, 6) is 0.302. The number of nitrogens with one attached hydrogen (secondary N) is 1. The molecule has 2 heterocycles. The van der Waals surface area contributed by atoms with E-state index in [1.165, 1.54) is 11.3 Å². The van der Waals surface area contributed by atoms with Crippen molar-refractivity contribution in [2.45, 2.75) is 45.1 Å². The Morgan fingerprint density at radius 3 is 2.70 bits per heavy atom. The van der Waals surface area contributed by atoms with Crippen LogP contribution < -0.4 is 5.32 Å². The summed E-state index contributed by atoms with van der Waals surface area (Å²) in [4.78, 5) is 17.4. The van der Waals surface area contributed by atoms with Crippen LogP contribution in [0.2, 0.25) is 5.02 Å². The molecule has 0 atom stereocenters. The molecule has 0 radical (unpaired) electrons. The topological polar surface area (TPSA) is 59.8 Å². The normalized spacial score (nSPS) is 14.4. The van der Waals surface area contributed by atoms with Gasteiger partial charge in [-0.05, 0) is 45.7 Å². The second-order valence-corrected chi connectivity index (χ2v) is 9.05. The monoisotopic (exact) mass is 400 g/mol. The van der Waals surface area contributed by atoms with Gasteiger partial charge >= 0.3 is 0 Å². The maximum Gasteiger partial charge on any atom is 0.275 e. The van der Waals surface area contributed by atoms with Crippen LogP contribution in [0.25, 0.3) is 11.3 Å². The average Bonchev–Trinajstić information content (AvgIpc) is 3.17. The van der Waals surface area contributed by atoms with Crippen molar-refractivity contribution in [2.75, 3.05) is 5.32 Å². The van der Waals surface area contributed by atoms with E-state index in [-0.39, 0.29) is 11.4 Å². The second-order valence-electron chi connectivity index (χ2n) is 7.78. The van der Waals surface area contributed by atoms with Gasteiger partial charge in [0.15, 0.2) is 5.13 Å². The van der Waals surface area contributed by atoms with Crippen molar-refractivity contribution in [3.05, 3.63) is 52.1 Å². The molecule has 5 nitrogen and oxygen atoms in total. The van der Waals surface area contributed by atoms with Crippen LogP contribution in [0.1, 0.15) is 55.7 Å². The number of nitrogens with zero attached hydrogens (tertiary/aromatic N) is 3. The first kappa shape index (κ1) is 18.2. The molecule has 0 spiro atoms. The number of hydrogen-bond donors (Lipinski definition) is 1. The number of anilines is 1. The second kappa shape index (κ2) is 6.77. The zero-order chi connectivity index (χ0) is 19.2. The summed E-state index contributed by atoms with van der Waals surface area (Å²) < 4.78 is 1.82. The third kappa shape index (κ3) is 3.77. The molecule has 7 heteroatoms. The number of halogens is 1. The van der Waals surface area contributed by atoms with E-state index in [0.29, 0.717) is 21.8 Å². The summed E-state index contributed by atoms with van der Waals surface area (Å²) in [5, 5.41) is 10.7. The van der Waals surface area contributed by atoms with Crippen LogP contribution in [0.5, 0.6) is 0 Å². The molecule has 1 aliphatic rings. The fourth-order valence-corrected chi connectivity index (χ4v) is 3.87. The van der Waals surface area contributed by atoms with E-state index in [1.807, 2.05) is 61.2 Å². The first-order chi connectivity index (χ1) is 12.8. The van der Waals surface area contributed by atoms with E-state index < -0.39 is 0 Å². The Morgan fingerprint density at radius 1 is 1.30 bits per heavy atom. The quantitative estimate of drug-likeness (QED) is 0.625. The van der Waals surface area contributed by atoms with Gasteiger partial charge < -0.3 is 0 Å². The molecule has 1 N–H and O–H groups in total. The molecule has 0 aliphatic heterocycles. The third-order valence-electron chi connectivity index (χ3n) is 4.47. The van der Waals surface area contributed by atoms with Crippen molar-refractivity contribution >= 4 is 34.0 Å². The molecule has 1 aromatic carbocycles. The lowest BCUT2D eigenvalue weighted by Crippen LogP contribution is -2.29. The summed E-state index contributed by atoms with van der Waals surface area (Å²) in [6.07, 6.45) is 2.30. The van der Waals surface area contributed by atoms with Crippen molar-refractivity contribution in [1.29, 1.82) is 0 Å². The molecule has 3 aromatic rings. The van der Waals surface area contributed by atoms with E-state index in [0.717, 1.165) is 29.8 Å². The summed E-state index contributed by atoms with van der Waals surface area (Å²) in [6.45, 7) is 6.14. The van der Waals surface area contributed by atoms with Crippen LogP contribution in [-0.4, -0.2) is 20.7 Å². The third-order valence-corrected chi connectivity index (χ3v) is 5.55. The number of thiazole rings is 1. The van der Waals surface area contributed by atoms with Crippen LogP contribution in [0.4, 0.5) is 5.13 Å². The molecule has 0 bridgehead atoms. The number of carbonyl (C=O) groups is 1. The summed E-state index contributed by atoms with van der Waals surface area (Å²) in [5.41, 5.74) is 2.91. The Balaban J connectivity index is 1.59. The number of carbonyl (C=O) groups excluding carboxylic acids is 1. The average molecular weight is 401 g/mol. The van der Waals surface area contributed by atoms with Gasteiger partial charge in [-0.1, -0.05) is 29.8 Å². The predicted octanol–water partition coefficient (Wildman–Crippen LogP) is 5.54. The van der Waals surface area contributed by atoms with Crippen molar-refractivity contribution in [3.63, 3.8) is 0 Å². The van der Waals surface area contributed by atoms with Gasteiger partial charge in [-0.3, -0.25) is 14.8 Å². The fraction of sp³-hybridized carbons (Fsp3) is 0.350. The molecule has 1 amide bonds. The first-order valence-electron chi connectivity index (χ1n) is 8.95. The molecule has 4 rings (SSSR count). The molecular weight excluding hydrogens is 380 g/mol. The molecule has 1 saturated carbocycles.